The second-order valence-corrected chi connectivity index (χ2v) is 9.20. The molecule has 1 N–H and O–H groups in total. The summed E-state index contributed by atoms with van der Waals surface area (Å²) >= 11 is 1.38. The summed E-state index contributed by atoms with van der Waals surface area (Å²) in [5, 5.41) is 4.58. The molecular formula is C25H25N3O3S. The topological polar surface area (TPSA) is 71.5 Å². The van der Waals surface area contributed by atoms with E-state index in [-0.39, 0.29) is 23.6 Å². The highest BCUT2D eigenvalue weighted by atomic mass is 32.2. The summed E-state index contributed by atoms with van der Waals surface area (Å²) in [6.45, 7) is 0.707. The van der Waals surface area contributed by atoms with Crippen molar-refractivity contribution >= 4 is 40.2 Å². The predicted octanol–water partition coefficient (Wildman–Crippen LogP) is 4.21. The number of thioether (sulfide) groups is 1. The van der Waals surface area contributed by atoms with Crippen LogP contribution < -0.4 is 15.0 Å². The van der Waals surface area contributed by atoms with E-state index in [2.05, 4.69) is 5.32 Å². The molecule has 2 aliphatic rings. The van der Waals surface area contributed by atoms with E-state index in [0.29, 0.717) is 17.1 Å². The van der Waals surface area contributed by atoms with E-state index >= 15 is 0 Å². The van der Waals surface area contributed by atoms with Gasteiger partial charge in [0.25, 0.3) is 5.91 Å². The molecule has 1 aliphatic heterocycles. The minimum absolute atomic E-state index is 0.0417. The molecule has 2 aromatic carbocycles. The van der Waals surface area contributed by atoms with Crippen LogP contribution in [-0.4, -0.2) is 42.2 Å². The third-order valence-corrected chi connectivity index (χ3v) is 6.80. The molecule has 1 aliphatic carbocycles. The van der Waals surface area contributed by atoms with Crippen molar-refractivity contribution in [1.82, 2.24) is 10.3 Å². The molecule has 6 nitrogen and oxygen atoms in total. The van der Waals surface area contributed by atoms with Crippen molar-refractivity contribution in [3.05, 3.63) is 59.7 Å². The Kier molecular flexibility index (Phi) is 5.74. The number of hydrogen-bond acceptors (Lipinski definition) is 5. The molecule has 3 aromatic rings. The van der Waals surface area contributed by atoms with Crippen LogP contribution in [0.25, 0.3) is 10.9 Å². The molecule has 0 bridgehead atoms. The van der Waals surface area contributed by atoms with Crippen LogP contribution in [0.15, 0.2) is 53.6 Å². The molecule has 1 fully saturated rings. The number of methoxy groups -OCH3 is 1. The number of fused-ring (bicyclic) bond motifs is 2. The summed E-state index contributed by atoms with van der Waals surface area (Å²) in [4.78, 5) is 32.4. The minimum atomic E-state index is -0.0711. The third-order valence-electron chi connectivity index (χ3n) is 5.90. The average molecular weight is 448 g/mol. The number of nitrogens with zero attached hydrogens (tertiary/aromatic N) is 2. The van der Waals surface area contributed by atoms with Crippen molar-refractivity contribution in [2.75, 3.05) is 24.3 Å². The number of rotatable bonds is 6. The largest absolute Gasteiger partial charge is 0.497 e. The number of benzene rings is 2. The molecule has 2 amide bonds. The number of aryl methyl sites for hydroxylation is 1. The SMILES string of the molecule is COc1ccc2c(c1)CCCN2C(=O)CSc1cc(C(=O)NC2CC2)c2ccccc2n1. The zero-order chi connectivity index (χ0) is 22.1. The Morgan fingerprint density at radius 3 is 2.84 bits per heavy atom. The maximum Gasteiger partial charge on any atom is 0.252 e. The van der Waals surface area contributed by atoms with Crippen molar-refractivity contribution in [3.8, 4) is 5.75 Å². The lowest BCUT2D eigenvalue weighted by molar-refractivity contribution is -0.116. The Morgan fingerprint density at radius 1 is 1.19 bits per heavy atom. The van der Waals surface area contributed by atoms with Crippen molar-refractivity contribution < 1.29 is 14.3 Å². The Bertz CT molecular complexity index is 1190. The number of pyridine rings is 1. The zero-order valence-electron chi connectivity index (χ0n) is 18.0. The second kappa shape index (κ2) is 8.82. The van der Waals surface area contributed by atoms with Crippen LogP contribution in [0.4, 0.5) is 5.69 Å². The minimum Gasteiger partial charge on any atom is -0.497 e. The molecule has 7 heteroatoms. The molecule has 2 heterocycles. The molecule has 0 saturated heterocycles. The van der Waals surface area contributed by atoms with Crippen molar-refractivity contribution in [2.24, 2.45) is 0 Å². The molecular weight excluding hydrogens is 422 g/mol. The molecule has 0 unspecified atom stereocenters. The fourth-order valence-corrected chi connectivity index (χ4v) is 4.87. The summed E-state index contributed by atoms with van der Waals surface area (Å²) in [7, 11) is 1.65. The smallest absolute Gasteiger partial charge is 0.252 e. The number of carbonyl (C=O) groups excluding carboxylic acids is 2. The molecule has 0 spiro atoms. The first kappa shape index (κ1) is 20.8. The summed E-state index contributed by atoms with van der Waals surface area (Å²) in [6.07, 6.45) is 3.94. The van der Waals surface area contributed by atoms with Crippen molar-refractivity contribution in [2.45, 2.75) is 36.8 Å². The predicted molar refractivity (Wildman–Crippen MR) is 127 cm³/mol. The van der Waals surface area contributed by atoms with Gasteiger partial charge in [0, 0.05) is 23.7 Å². The number of carbonyl (C=O) groups is 2. The Hall–Kier alpha value is -3.06. The number of ether oxygens (including phenoxy) is 1. The van der Waals surface area contributed by atoms with E-state index in [1.165, 1.54) is 11.8 Å². The number of hydrogen-bond donors (Lipinski definition) is 1. The van der Waals surface area contributed by atoms with E-state index < -0.39 is 0 Å². The first-order chi connectivity index (χ1) is 15.6. The summed E-state index contributed by atoms with van der Waals surface area (Å²) in [5.41, 5.74) is 3.48. The lowest BCUT2D eigenvalue weighted by Crippen LogP contribution is -2.36. The average Bonchev–Trinajstić information content (AvgIpc) is 3.65. The van der Waals surface area contributed by atoms with Crippen LogP contribution >= 0.6 is 11.8 Å². The van der Waals surface area contributed by atoms with Gasteiger partial charge in [-0.1, -0.05) is 30.0 Å². The fraction of sp³-hybridized carbons (Fsp3) is 0.320. The van der Waals surface area contributed by atoms with E-state index in [0.717, 1.165) is 53.6 Å². The molecule has 0 atom stereocenters. The lowest BCUT2D eigenvalue weighted by Gasteiger charge is -2.29. The first-order valence-corrected chi connectivity index (χ1v) is 11.9. The standard InChI is InChI=1S/C25H25N3O3S/c1-31-18-10-11-22-16(13-18)5-4-12-28(22)24(29)15-32-23-14-20(25(30)26-17-8-9-17)19-6-2-3-7-21(19)27-23/h2-3,6-7,10-11,13-14,17H,4-5,8-9,12,15H2,1H3,(H,26,30). The highest BCUT2D eigenvalue weighted by Gasteiger charge is 2.26. The number of nitrogens with one attached hydrogen (secondary N) is 1. The van der Waals surface area contributed by atoms with Gasteiger partial charge in [-0.3, -0.25) is 9.59 Å². The summed E-state index contributed by atoms with van der Waals surface area (Å²) in [6, 6.07) is 15.6. The quantitative estimate of drug-likeness (QED) is 0.573. The molecule has 1 saturated carbocycles. The summed E-state index contributed by atoms with van der Waals surface area (Å²) in [5.74, 6) is 1.04. The molecule has 1 aromatic heterocycles. The number of para-hydroxylation sites is 1. The molecule has 5 rings (SSSR count). The Balaban J connectivity index is 1.35. The van der Waals surface area contributed by atoms with Crippen LogP contribution in [-0.2, 0) is 11.2 Å². The van der Waals surface area contributed by atoms with Gasteiger partial charge in [-0.15, -0.1) is 0 Å². The molecule has 32 heavy (non-hydrogen) atoms. The van der Waals surface area contributed by atoms with Gasteiger partial charge in [-0.05, 0) is 61.6 Å². The molecule has 0 radical (unpaired) electrons. The van der Waals surface area contributed by atoms with Crippen LogP contribution in [0.1, 0.15) is 35.2 Å². The van der Waals surface area contributed by atoms with Crippen LogP contribution in [0, 0.1) is 0 Å². The fourth-order valence-electron chi connectivity index (χ4n) is 4.08. The van der Waals surface area contributed by atoms with E-state index in [4.69, 9.17) is 9.72 Å². The third kappa shape index (κ3) is 4.30. The maximum atomic E-state index is 13.1. The zero-order valence-corrected chi connectivity index (χ0v) is 18.8. The van der Waals surface area contributed by atoms with Crippen molar-refractivity contribution in [3.63, 3.8) is 0 Å². The molecule has 164 valence electrons. The van der Waals surface area contributed by atoms with Crippen molar-refractivity contribution in [1.29, 1.82) is 0 Å². The number of aromatic nitrogens is 1. The first-order valence-electron chi connectivity index (χ1n) is 10.9. The van der Waals surface area contributed by atoms with Crippen LogP contribution in [0.5, 0.6) is 5.75 Å². The van der Waals surface area contributed by atoms with Gasteiger partial charge < -0.3 is 15.0 Å². The van der Waals surface area contributed by atoms with Gasteiger partial charge >= 0.3 is 0 Å². The van der Waals surface area contributed by atoms with Gasteiger partial charge in [0.2, 0.25) is 5.91 Å². The Morgan fingerprint density at radius 2 is 2.03 bits per heavy atom. The van der Waals surface area contributed by atoms with E-state index in [1.54, 1.807) is 7.11 Å². The lowest BCUT2D eigenvalue weighted by atomic mass is 10.0. The van der Waals surface area contributed by atoms with Gasteiger partial charge in [0.1, 0.15) is 5.75 Å². The van der Waals surface area contributed by atoms with E-state index in [1.807, 2.05) is 53.4 Å². The second-order valence-electron chi connectivity index (χ2n) is 8.21. The van der Waals surface area contributed by atoms with Gasteiger partial charge in [0.05, 0.1) is 29.0 Å². The van der Waals surface area contributed by atoms with Gasteiger partial charge in [0.15, 0.2) is 0 Å². The van der Waals surface area contributed by atoms with E-state index in [9.17, 15) is 9.59 Å². The van der Waals surface area contributed by atoms with Crippen LogP contribution in [0.3, 0.4) is 0 Å². The van der Waals surface area contributed by atoms with Gasteiger partial charge in [-0.2, -0.15) is 0 Å². The summed E-state index contributed by atoms with van der Waals surface area (Å²) < 4.78 is 5.33. The Labute approximate surface area is 191 Å². The normalized spacial score (nSPS) is 15.3. The number of amides is 2. The van der Waals surface area contributed by atoms with Crippen LogP contribution in [0.2, 0.25) is 0 Å². The highest BCUT2D eigenvalue weighted by Crippen LogP contribution is 2.32. The number of anilines is 1. The maximum absolute atomic E-state index is 13.1. The van der Waals surface area contributed by atoms with Gasteiger partial charge in [-0.25, -0.2) is 4.98 Å². The highest BCUT2D eigenvalue weighted by molar-refractivity contribution is 7.99. The monoisotopic (exact) mass is 447 g/mol.